The minimum atomic E-state index is -0.0283. The first-order chi connectivity index (χ1) is 11.3. The van der Waals surface area contributed by atoms with Crippen molar-refractivity contribution in [1.29, 1.82) is 0 Å². The van der Waals surface area contributed by atoms with Gasteiger partial charge in [-0.15, -0.1) is 0 Å². The monoisotopic (exact) mass is 326 g/mol. The summed E-state index contributed by atoms with van der Waals surface area (Å²) in [5.41, 5.74) is 0. The summed E-state index contributed by atoms with van der Waals surface area (Å²) in [6.45, 7) is 6.68. The first kappa shape index (κ1) is 20.4. The summed E-state index contributed by atoms with van der Waals surface area (Å²) < 4.78 is 5.33. The number of piperazine rings is 1. The Morgan fingerprint density at radius 1 is 0.870 bits per heavy atom. The van der Waals surface area contributed by atoms with E-state index in [-0.39, 0.29) is 5.97 Å². The van der Waals surface area contributed by atoms with Crippen LogP contribution in [0.25, 0.3) is 0 Å². The van der Waals surface area contributed by atoms with Crippen LogP contribution in [0.1, 0.15) is 84.0 Å². The number of rotatable bonds is 14. The van der Waals surface area contributed by atoms with Gasteiger partial charge in [0.05, 0.1) is 0 Å². The lowest BCUT2D eigenvalue weighted by Crippen LogP contribution is -2.44. The smallest absolute Gasteiger partial charge is 0.307 e. The molecule has 0 bridgehead atoms. The number of carbonyl (C=O) groups is 1. The lowest BCUT2D eigenvalue weighted by Gasteiger charge is -2.26. The zero-order valence-electron chi connectivity index (χ0n) is 15.3. The Morgan fingerprint density at radius 2 is 1.39 bits per heavy atom. The lowest BCUT2D eigenvalue weighted by molar-refractivity contribution is -0.148. The first-order valence-corrected chi connectivity index (χ1v) is 9.91. The van der Waals surface area contributed by atoms with Gasteiger partial charge in [0.25, 0.3) is 0 Å². The van der Waals surface area contributed by atoms with Crippen LogP contribution in [0.3, 0.4) is 0 Å². The molecule has 0 aromatic heterocycles. The van der Waals surface area contributed by atoms with Crippen LogP contribution in [0.5, 0.6) is 0 Å². The number of esters is 1. The third-order valence-corrected chi connectivity index (χ3v) is 4.60. The van der Waals surface area contributed by atoms with E-state index in [1.807, 2.05) is 0 Å². The van der Waals surface area contributed by atoms with Gasteiger partial charge in [-0.3, -0.25) is 9.69 Å². The van der Waals surface area contributed by atoms with Gasteiger partial charge in [0.2, 0.25) is 0 Å². The number of carbonyl (C=O) groups excluding carboxylic acids is 1. The van der Waals surface area contributed by atoms with Gasteiger partial charge in [0, 0.05) is 32.6 Å². The van der Waals surface area contributed by atoms with E-state index in [9.17, 15) is 4.79 Å². The molecule has 1 heterocycles. The quantitative estimate of drug-likeness (QED) is 0.385. The van der Waals surface area contributed by atoms with Crippen molar-refractivity contribution in [2.75, 3.05) is 32.9 Å². The molecule has 23 heavy (non-hydrogen) atoms. The van der Waals surface area contributed by atoms with Gasteiger partial charge in [-0.1, -0.05) is 71.1 Å². The van der Waals surface area contributed by atoms with E-state index in [0.29, 0.717) is 13.2 Å². The van der Waals surface area contributed by atoms with Gasteiger partial charge in [-0.25, -0.2) is 0 Å². The molecule has 0 spiro atoms. The first-order valence-electron chi connectivity index (χ1n) is 9.91. The number of nitrogens with zero attached hydrogens (tertiary/aromatic N) is 1. The van der Waals surface area contributed by atoms with Crippen molar-refractivity contribution in [2.24, 2.45) is 0 Å². The molecule has 0 aromatic rings. The maximum absolute atomic E-state index is 11.7. The highest BCUT2D eigenvalue weighted by Crippen LogP contribution is 2.12. The average molecular weight is 327 g/mol. The highest BCUT2D eigenvalue weighted by Gasteiger charge is 2.11. The van der Waals surface area contributed by atoms with E-state index in [2.05, 4.69) is 17.1 Å². The van der Waals surface area contributed by atoms with Crippen LogP contribution in [0, 0.1) is 0 Å². The highest BCUT2D eigenvalue weighted by atomic mass is 16.5. The Labute approximate surface area is 143 Å². The van der Waals surface area contributed by atoms with Crippen LogP contribution in [0.15, 0.2) is 0 Å². The van der Waals surface area contributed by atoms with Crippen LogP contribution in [-0.4, -0.2) is 43.8 Å². The molecule has 1 N–H and O–H groups in total. The lowest BCUT2D eigenvalue weighted by atomic mass is 10.1. The fourth-order valence-corrected chi connectivity index (χ4v) is 3.01. The van der Waals surface area contributed by atoms with Crippen LogP contribution in [-0.2, 0) is 9.53 Å². The van der Waals surface area contributed by atoms with Crippen LogP contribution in [0.4, 0.5) is 0 Å². The zero-order chi connectivity index (χ0) is 16.6. The molecule has 0 atom stereocenters. The minimum Gasteiger partial charge on any atom is -0.449 e. The number of nitrogens with one attached hydrogen (secondary N) is 1. The summed E-state index contributed by atoms with van der Waals surface area (Å²) in [4.78, 5) is 13.9. The van der Waals surface area contributed by atoms with Gasteiger partial charge in [0.15, 0.2) is 0 Å². The second-order valence-electron chi connectivity index (χ2n) is 6.80. The van der Waals surface area contributed by atoms with Crippen molar-refractivity contribution in [3.63, 3.8) is 0 Å². The molecule has 1 aliphatic heterocycles. The molecule has 0 amide bonds. The maximum Gasteiger partial charge on any atom is 0.307 e. The summed E-state index contributed by atoms with van der Waals surface area (Å²) in [5.74, 6) is -0.0283. The molecule has 1 fully saturated rings. The SMILES string of the molecule is CCCCCCCCCCCCCC(=O)OCN1CCNCC1. The summed E-state index contributed by atoms with van der Waals surface area (Å²) in [6, 6.07) is 0. The summed E-state index contributed by atoms with van der Waals surface area (Å²) >= 11 is 0. The molecule has 1 rings (SSSR count). The van der Waals surface area contributed by atoms with Crippen molar-refractivity contribution in [1.82, 2.24) is 10.2 Å². The van der Waals surface area contributed by atoms with E-state index in [1.54, 1.807) is 0 Å². The van der Waals surface area contributed by atoms with E-state index in [4.69, 9.17) is 4.74 Å². The normalized spacial score (nSPS) is 15.7. The Balaban J connectivity index is 1.78. The number of hydrogen-bond donors (Lipinski definition) is 1. The molecule has 0 saturated carbocycles. The Kier molecular flexibility index (Phi) is 13.3. The zero-order valence-corrected chi connectivity index (χ0v) is 15.3. The fourth-order valence-electron chi connectivity index (χ4n) is 3.01. The highest BCUT2D eigenvalue weighted by molar-refractivity contribution is 5.69. The summed E-state index contributed by atoms with van der Waals surface area (Å²) in [6.07, 6.45) is 15.0. The van der Waals surface area contributed by atoms with Gasteiger partial charge in [0.1, 0.15) is 6.73 Å². The van der Waals surface area contributed by atoms with Crippen LogP contribution < -0.4 is 5.32 Å². The molecule has 1 aliphatic rings. The number of hydrogen-bond acceptors (Lipinski definition) is 4. The van der Waals surface area contributed by atoms with Crippen molar-refractivity contribution >= 4 is 5.97 Å². The van der Waals surface area contributed by atoms with Crippen molar-refractivity contribution in [3.05, 3.63) is 0 Å². The molecule has 4 nitrogen and oxygen atoms in total. The number of ether oxygens (including phenoxy) is 1. The Bertz CT molecular complexity index is 279. The molecular weight excluding hydrogens is 288 g/mol. The van der Waals surface area contributed by atoms with Crippen molar-refractivity contribution < 1.29 is 9.53 Å². The van der Waals surface area contributed by atoms with E-state index in [0.717, 1.165) is 32.6 Å². The summed E-state index contributed by atoms with van der Waals surface area (Å²) in [5, 5.41) is 3.30. The molecule has 0 unspecified atom stereocenters. The second kappa shape index (κ2) is 14.9. The third-order valence-electron chi connectivity index (χ3n) is 4.60. The van der Waals surface area contributed by atoms with Gasteiger partial charge < -0.3 is 10.1 Å². The Morgan fingerprint density at radius 3 is 1.96 bits per heavy atom. The minimum absolute atomic E-state index is 0.0283. The van der Waals surface area contributed by atoms with Crippen molar-refractivity contribution in [3.8, 4) is 0 Å². The fraction of sp³-hybridized carbons (Fsp3) is 0.947. The van der Waals surface area contributed by atoms with Gasteiger partial charge >= 0.3 is 5.97 Å². The summed E-state index contributed by atoms with van der Waals surface area (Å²) in [7, 11) is 0. The molecule has 1 saturated heterocycles. The third kappa shape index (κ3) is 12.5. The molecule has 0 radical (unpaired) electrons. The van der Waals surface area contributed by atoms with Crippen LogP contribution in [0.2, 0.25) is 0 Å². The predicted molar refractivity (Wildman–Crippen MR) is 96.5 cm³/mol. The molecular formula is C19H38N2O2. The van der Waals surface area contributed by atoms with Crippen LogP contribution >= 0.6 is 0 Å². The largest absolute Gasteiger partial charge is 0.449 e. The Hall–Kier alpha value is -0.610. The van der Waals surface area contributed by atoms with Gasteiger partial charge in [-0.05, 0) is 6.42 Å². The van der Waals surface area contributed by atoms with Crippen molar-refractivity contribution in [2.45, 2.75) is 84.0 Å². The molecule has 0 aliphatic carbocycles. The van der Waals surface area contributed by atoms with E-state index >= 15 is 0 Å². The molecule has 136 valence electrons. The average Bonchev–Trinajstić information content (AvgIpc) is 2.59. The topological polar surface area (TPSA) is 41.6 Å². The number of unbranched alkanes of at least 4 members (excludes halogenated alkanes) is 10. The van der Waals surface area contributed by atoms with Gasteiger partial charge in [-0.2, -0.15) is 0 Å². The maximum atomic E-state index is 11.7. The standard InChI is InChI=1S/C19H38N2O2/c1-2-3-4-5-6-7-8-9-10-11-12-13-19(22)23-18-21-16-14-20-15-17-21/h20H,2-18H2,1H3. The molecule has 0 aromatic carbocycles. The second-order valence-corrected chi connectivity index (χ2v) is 6.80. The molecule has 4 heteroatoms. The van der Waals surface area contributed by atoms with E-state index < -0.39 is 0 Å². The predicted octanol–water partition coefficient (Wildman–Crippen LogP) is 4.09. The van der Waals surface area contributed by atoms with E-state index in [1.165, 1.54) is 64.2 Å².